The van der Waals surface area contributed by atoms with Crippen LogP contribution in [-0.4, -0.2) is 17.5 Å². The monoisotopic (exact) mass is 242 g/mol. The van der Waals surface area contributed by atoms with Crippen LogP contribution in [0.25, 0.3) is 0 Å². The van der Waals surface area contributed by atoms with Gasteiger partial charge in [0.15, 0.2) is 0 Å². The first-order chi connectivity index (χ1) is 8.31. The van der Waals surface area contributed by atoms with Crippen LogP contribution in [0.4, 0.5) is 0 Å². The van der Waals surface area contributed by atoms with Gasteiger partial charge in [0.1, 0.15) is 6.29 Å². The van der Waals surface area contributed by atoms with Gasteiger partial charge in [-0.3, -0.25) is 0 Å². The molecule has 1 N–H and O–H groups in total. The van der Waals surface area contributed by atoms with Gasteiger partial charge in [0.2, 0.25) is 0 Å². The number of aliphatic hydroxyl groups excluding tert-OH is 1. The Labute approximate surface area is 107 Å². The van der Waals surface area contributed by atoms with Gasteiger partial charge in [0.25, 0.3) is 0 Å². The standard InChI is InChI=1S/C15H30O2/c1-2-3-4-5-6-7-8-9-10-11-12-15(17)13-14-16/h14-15,17H,2-13H2,1H3. The Kier molecular flexibility index (Phi) is 13.4. The first kappa shape index (κ1) is 16.6. The number of carbonyl (C=O) groups excluding carboxylic acids is 1. The van der Waals surface area contributed by atoms with Gasteiger partial charge in [-0.25, -0.2) is 0 Å². The van der Waals surface area contributed by atoms with E-state index in [9.17, 15) is 9.90 Å². The van der Waals surface area contributed by atoms with Crippen molar-refractivity contribution < 1.29 is 9.90 Å². The summed E-state index contributed by atoms with van der Waals surface area (Å²) in [7, 11) is 0. The van der Waals surface area contributed by atoms with Crippen molar-refractivity contribution >= 4 is 6.29 Å². The molecule has 0 aliphatic rings. The van der Waals surface area contributed by atoms with Crippen LogP contribution in [-0.2, 0) is 4.79 Å². The van der Waals surface area contributed by atoms with Crippen LogP contribution in [0.2, 0.25) is 0 Å². The van der Waals surface area contributed by atoms with Gasteiger partial charge in [-0.15, -0.1) is 0 Å². The minimum Gasteiger partial charge on any atom is -0.393 e. The van der Waals surface area contributed by atoms with E-state index in [1.165, 1.54) is 57.8 Å². The number of hydrogen-bond donors (Lipinski definition) is 1. The molecule has 0 heterocycles. The zero-order valence-corrected chi connectivity index (χ0v) is 11.5. The lowest BCUT2D eigenvalue weighted by atomic mass is 10.0. The predicted octanol–water partition coefficient (Wildman–Crippen LogP) is 4.25. The molecule has 17 heavy (non-hydrogen) atoms. The summed E-state index contributed by atoms with van der Waals surface area (Å²) in [5.41, 5.74) is 0. The molecule has 0 aliphatic carbocycles. The van der Waals surface area contributed by atoms with Gasteiger partial charge in [-0.05, 0) is 6.42 Å². The van der Waals surface area contributed by atoms with E-state index >= 15 is 0 Å². The van der Waals surface area contributed by atoms with Crippen molar-refractivity contribution in [3.05, 3.63) is 0 Å². The van der Waals surface area contributed by atoms with Crippen LogP contribution in [0.15, 0.2) is 0 Å². The van der Waals surface area contributed by atoms with Crippen molar-refractivity contribution in [2.75, 3.05) is 0 Å². The van der Waals surface area contributed by atoms with E-state index < -0.39 is 6.10 Å². The molecule has 0 aromatic heterocycles. The molecule has 0 saturated carbocycles. The highest BCUT2D eigenvalue weighted by Gasteiger charge is 2.01. The van der Waals surface area contributed by atoms with Crippen molar-refractivity contribution in [2.45, 2.75) is 90.1 Å². The van der Waals surface area contributed by atoms with Gasteiger partial charge in [-0.2, -0.15) is 0 Å². The topological polar surface area (TPSA) is 37.3 Å². The summed E-state index contributed by atoms with van der Waals surface area (Å²) in [4.78, 5) is 10.1. The highest BCUT2D eigenvalue weighted by molar-refractivity contribution is 5.49. The second kappa shape index (κ2) is 13.7. The zero-order chi connectivity index (χ0) is 12.8. The van der Waals surface area contributed by atoms with Crippen LogP contribution in [0, 0.1) is 0 Å². The summed E-state index contributed by atoms with van der Waals surface area (Å²) in [6.07, 6.45) is 14.6. The smallest absolute Gasteiger partial charge is 0.122 e. The molecular weight excluding hydrogens is 212 g/mol. The van der Waals surface area contributed by atoms with Gasteiger partial charge in [0.05, 0.1) is 6.10 Å². The Balaban J connectivity index is 3.00. The molecule has 1 unspecified atom stereocenters. The minimum atomic E-state index is -0.401. The third-order valence-corrected chi connectivity index (χ3v) is 3.26. The molecule has 0 amide bonds. The highest BCUT2D eigenvalue weighted by atomic mass is 16.3. The summed E-state index contributed by atoms with van der Waals surface area (Å²) in [6, 6.07) is 0. The molecule has 2 heteroatoms. The third-order valence-electron chi connectivity index (χ3n) is 3.26. The van der Waals surface area contributed by atoms with E-state index in [1.807, 2.05) is 0 Å². The van der Waals surface area contributed by atoms with E-state index in [0.717, 1.165) is 19.1 Å². The SMILES string of the molecule is CCCCCCCCCCCCC(O)CC=O. The summed E-state index contributed by atoms with van der Waals surface area (Å²) >= 11 is 0. The van der Waals surface area contributed by atoms with Gasteiger partial charge in [0, 0.05) is 6.42 Å². The van der Waals surface area contributed by atoms with Crippen molar-refractivity contribution in [1.82, 2.24) is 0 Å². The lowest BCUT2D eigenvalue weighted by molar-refractivity contribution is -0.109. The lowest BCUT2D eigenvalue weighted by Crippen LogP contribution is -2.06. The van der Waals surface area contributed by atoms with Crippen molar-refractivity contribution in [3.8, 4) is 0 Å². The van der Waals surface area contributed by atoms with E-state index in [-0.39, 0.29) is 0 Å². The Morgan fingerprint density at radius 2 is 1.35 bits per heavy atom. The van der Waals surface area contributed by atoms with Gasteiger partial charge >= 0.3 is 0 Å². The molecule has 0 aromatic rings. The average Bonchev–Trinajstić information content (AvgIpc) is 2.32. The van der Waals surface area contributed by atoms with Crippen molar-refractivity contribution in [1.29, 1.82) is 0 Å². The summed E-state index contributed by atoms with van der Waals surface area (Å²) < 4.78 is 0. The van der Waals surface area contributed by atoms with Crippen LogP contribution in [0.5, 0.6) is 0 Å². The van der Waals surface area contributed by atoms with Crippen molar-refractivity contribution in [3.63, 3.8) is 0 Å². The molecule has 0 rings (SSSR count). The molecule has 0 bridgehead atoms. The fourth-order valence-electron chi connectivity index (χ4n) is 2.10. The molecule has 1 atom stereocenters. The molecule has 0 spiro atoms. The second-order valence-corrected chi connectivity index (χ2v) is 5.03. The first-order valence-corrected chi connectivity index (χ1v) is 7.43. The number of hydrogen-bond acceptors (Lipinski definition) is 2. The maximum absolute atomic E-state index is 10.1. The van der Waals surface area contributed by atoms with Gasteiger partial charge in [-0.1, -0.05) is 71.1 Å². The summed E-state index contributed by atoms with van der Waals surface area (Å²) in [5.74, 6) is 0. The van der Waals surface area contributed by atoms with Crippen LogP contribution >= 0.6 is 0 Å². The number of aliphatic hydroxyl groups is 1. The molecule has 0 radical (unpaired) electrons. The Morgan fingerprint density at radius 1 is 0.882 bits per heavy atom. The number of aldehydes is 1. The first-order valence-electron chi connectivity index (χ1n) is 7.43. The van der Waals surface area contributed by atoms with Crippen LogP contribution < -0.4 is 0 Å². The summed E-state index contributed by atoms with van der Waals surface area (Å²) in [6.45, 7) is 2.25. The Bertz CT molecular complexity index is 157. The molecule has 0 aliphatic heterocycles. The zero-order valence-electron chi connectivity index (χ0n) is 11.5. The fourth-order valence-corrected chi connectivity index (χ4v) is 2.10. The largest absolute Gasteiger partial charge is 0.393 e. The number of rotatable bonds is 13. The predicted molar refractivity (Wildman–Crippen MR) is 73.1 cm³/mol. The fraction of sp³-hybridized carbons (Fsp3) is 0.933. The molecule has 0 aromatic carbocycles. The van der Waals surface area contributed by atoms with Crippen LogP contribution in [0.3, 0.4) is 0 Å². The maximum Gasteiger partial charge on any atom is 0.122 e. The highest BCUT2D eigenvalue weighted by Crippen LogP contribution is 2.12. The average molecular weight is 242 g/mol. The molecule has 0 fully saturated rings. The lowest BCUT2D eigenvalue weighted by Gasteiger charge is -2.06. The van der Waals surface area contributed by atoms with Crippen LogP contribution in [0.1, 0.15) is 84.0 Å². The maximum atomic E-state index is 10.1. The number of unbranched alkanes of at least 4 members (excludes halogenated alkanes) is 9. The molecule has 2 nitrogen and oxygen atoms in total. The molecule has 0 saturated heterocycles. The molecule has 102 valence electrons. The normalized spacial score (nSPS) is 12.6. The van der Waals surface area contributed by atoms with E-state index in [0.29, 0.717) is 6.42 Å². The Hall–Kier alpha value is -0.370. The Morgan fingerprint density at radius 3 is 1.82 bits per heavy atom. The molecular formula is C15H30O2. The van der Waals surface area contributed by atoms with Gasteiger partial charge < -0.3 is 9.90 Å². The minimum absolute atomic E-state index is 0.303. The number of carbonyl (C=O) groups is 1. The third kappa shape index (κ3) is 13.6. The van der Waals surface area contributed by atoms with Crippen molar-refractivity contribution in [2.24, 2.45) is 0 Å². The summed E-state index contributed by atoms with van der Waals surface area (Å²) in [5, 5.41) is 9.34. The van der Waals surface area contributed by atoms with E-state index in [1.54, 1.807) is 0 Å². The quantitative estimate of drug-likeness (QED) is 0.387. The second-order valence-electron chi connectivity index (χ2n) is 5.03. The van der Waals surface area contributed by atoms with E-state index in [2.05, 4.69) is 6.92 Å². The van der Waals surface area contributed by atoms with E-state index in [4.69, 9.17) is 0 Å².